The van der Waals surface area contributed by atoms with Crippen LogP contribution in [0.3, 0.4) is 0 Å². The van der Waals surface area contributed by atoms with Gasteiger partial charge in [-0.25, -0.2) is 4.79 Å². The third kappa shape index (κ3) is 2.66. The van der Waals surface area contributed by atoms with E-state index in [2.05, 4.69) is 27.7 Å². The number of ether oxygens (including phenoxy) is 1. The highest BCUT2D eigenvalue weighted by molar-refractivity contribution is 14.1. The first kappa shape index (κ1) is 13.3. The second-order valence-corrected chi connectivity index (χ2v) is 6.38. The summed E-state index contributed by atoms with van der Waals surface area (Å²) in [7, 11) is 0. The van der Waals surface area contributed by atoms with E-state index in [-0.39, 0.29) is 0 Å². The largest absolute Gasteiger partial charge is 0.442 e. The average molecular weight is 358 g/mol. The smallest absolute Gasteiger partial charge is 0.435 e. The molecule has 5 heteroatoms. The van der Waals surface area contributed by atoms with Crippen molar-refractivity contribution in [1.82, 2.24) is 9.78 Å². The number of hydrogen-bond acceptors (Lipinski definition) is 3. The van der Waals surface area contributed by atoms with E-state index in [0.29, 0.717) is 0 Å². The lowest BCUT2D eigenvalue weighted by molar-refractivity contribution is 0.0522. The van der Waals surface area contributed by atoms with Gasteiger partial charge in [0, 0.05) is 8.96 Å². The zero-order chi connectivity index (χ0) is 13.5. The molecule has 0 saturated heterocycles. The van der Waals surface area contributed by atoms with Crippen LogP contribution in [0, 0.1) is 10.5 Å². The summed E-state index contributed by atoms with van der Waals surface area (Å²) in [6, 6.07) is 5.90. The molecule has 1 heterocycles. The first-order valence-electron chi connectivity index (χ1n) is 5.66. The van der Waals surface area contributed by atoms with E-state index in [1.165, 1.54) is 4.68 Å². The monoisotopic (exact) mass is 358 g/mol. The van der Waals surface area contributed by atoms with Gasteiger partial charge in [0.05, 0.1) is 11.2 Å². The van der Waals surface area contributed by atoms with Crippen LogP contribution in [0.1, 0.15) is 26.5 Å². The summed E-state index contributed by atoms with van der Waals surface area (Å²) >= 11 is 2.21. The van der Waals surface area contributed by atoms with E-state index < -0.39 is 11.7 Å². The van der Waals surface area contributed by atoms with E-state index >= 15 is 0 Å². The molecule has 0 radical (unpaired) electrons. The van der Waals surface area contributed by atoms with Crippen molar-refractivity contribution in [1.29, 1.82) is 0 Å². The van der Waals surface area contributed by atoms with Crippen molar-refractivity contribution in [3.8, 4) is 0 Å². The lowest BCUT2D eigenvalue weighted by atomic mass is 10.2. The van der Waals surface area contributed by atoms with E-state index in [1.54, 1.807) is 0 Å². The summed E-state index contributed by atoms with van der Waals surface area (Å²) in [5, 5.41) is 5.23. The number of carbonyl (C=O) groups excluding carboxylic acids is 1. The number of hydrogen-bond donors (Lipinski definition) is 0. The van der Waals surface area contributed by atoms with Crippen LogP contribution in [0.15, 0.2) is 18.2 Å². The second kappa shape index (κ2) is 4.53. The molecule has 0 N–H and O–H groups in total. The zero-order valence-corrected chi connectivity index (χ0v) is 13.0. The van der Waals surface area contributed by atoms with Crippen LogP contribution in [0.25, 0.3) is 10.9 Å². The summed E-state index contributed by atoms with van der Waals surface area (Å²) in [5.74, 6) is 0. The van der Waals surface area contributed by atoms with Gasteiger partial charge in [-0.1, -0.05) is 0 Å². The van der Waals surface area contributed by atoms with Gasteiger partial charge < -0.3 is 4.74 Å². The summed E-state index contributed by atoms with van der Waals surface area (Å²) in [6.45, 7) is 7.41. The number of nitrogens with zero attached hydrogens (tertiary/aromatic N) is 2. The maximum Gasteiger partial charge on any atom is 0.435 e. The number of aryl methyl sites for hydroxylation is 1. The molecule has 0 atom stereocenters. The fourth-order valence-electron chi connectivity index (χ4n) is 1.69. The summed E-state index contributed by atoms with van der Waals surface area (Å²) in [6.07, 6.45) is -0.442. The van der Waals surface area contributed by atoms with Crippen LogP contribution >= 0.6 is 22.6 Å². The Bertz CT molecular complexity index is 611. The van der Waals surface area contributed by atoms with E-state index in [9.17, 15) is 4.79 Å². The molecule has 0 amide bonds. The Morgan fingerprint density at radius 2 is 2.06 bits per heavy atom. The maximum atomic E-state index is 12.1. The minimum Gasteiger partial charge on any atom is -0.442 e. The maximum absolute atomic E-state index is 12.1. The normalized spacial score (nSPS) is 11.8. The van der Waals surface area contributed by atoms with Gasteiger partial charge in [0.15, 0.2) is 0 Å². The SMILES string of the molecule is Cc1nn(C(=O)OC(C)(C)C)c2cc(I)ccc12. The summed E-state index contributed by atoms with van der Waals surface area (Å²) < 4.78 is 7.74. The average Bonchev–Trinajstić information content (AvgIpc) is 2.53. The number of halogens is 1. The zero-order valence-electron chi connectivity index (χ0n) is 10.8. The van der Waals surface area contributed by atoms with Crippen molar-refractivity contribution in [2.75, 3.05) is 0 Å². The van der Waals surface area contributed by atoms with Crippen LogP contribution in [0.4, 0.5) is 4.79 Å². The molecular weight excluding hydrogens is 343 g/mol. The molecular formula is C13H15IN2O2. The van der Waals surface area contributed by atoms with Gasteiger partial charge in [0.25, 0.3) is 0 Å². The minimum absolute atomic E-state index is 0.442. The number of carbonyl (C=O) groups is 1. The first-order chi connectivity index (χ1) is 8.28. The molecule has 0 aliphatic rings. The Kier molecular flexibility index (Phi) is 3.35. The quantitative estimate of drug-likeness (QED) is 0.674. The van der Waals surface area contributed by atoms with Crippen molar-refractivity contribution in [2.45, 2.75) is 33.3 Å². The Morgan fingerprint density at radius 3 is 2.67 bits per heavy atom. The Labute approximate surface area is 119 Å². The molecule has 96 valence electrons. The number of aromatic nitrogens is 2. The van der Waals surface area contributed by atoms with Gasteiger partial charge in [0.1, 0.15) is 5.60 Å². The molecule has 0 aliphatic carbocycles. The highest BCUT2D eigenvalue weighted by atomic mass is 127. The van der Waals surface area contributed by atoms with Crippen LogP contribution < -0.4 is 0 Å². The molecule has 0 aliphatic heterocycles. The Balaban J connectivity index is 2.51. The van der Waals surface area contributed by atoms with Gasteiger partial charge >= 0.3 is 6.09 Å². The fourth-order valence-corrected chi connectivity index (χ4v) is 2.16. The summed E-state index contributed by atoms with van der Waals surface area (Å²) in [5.41, 5.74) is 1.09. The van der Waals surface area contributed by atoms with Crippen molar-refractivity contribution < 1.29 is 9.53 Å². The van der Waals surface area contributed by atoms with Crippen molar-refractivity contribution in [3.63, 3.8) is 0 Å². The molecule has 2 rings (SSSR count). The van der Waals surface area contributed by atoms with Crippen molar-refractivity contribution >= 4 is 39.6 Å². The molecule has 2 aromatic rings. The highest BCUT2D eigenvalue weighted by Gasteiger charge is 2.21. The van der Waals surface area contributed by atoms with E-state index in [0.717, 1.165) is 20.2 Å². The van der Waals surface area contributed by atoms with E-state index in [1.807, 2.05) is 45.9 Å². The van der Waals surface area contributed by atoms with E-state index in [4.69, 9.17) is 4.74 Å². The highest BCUT2D eigenvalue weighted by Crippen LogP contribution is 2.21. The Hall–Kier alpha value is -1.11. The second-order valence-electron chi connectivity index (χ2n) is 5.14. The van der Waals surface area contributed by atoms with Gasteiger partial charge in [-0.2, -0.15) is 9.78 Å². The molecule has 0 unspecified atom stereocenters. The van der Waals surface area contributed by atoms with Crippen LogP contribution in [-0.4, -0.2) is 21.5 Å². The topological polar surface area (TPSA) is 44.1 Å². The lowest BCUT2D eigenvalue weighted by Gasteiger charge is -2.19. The number of benzene rings is 1. The van der Waals surface area contributed by atoms with Gasteiger partial charge in [0.2, 0.25) is 0 Å². The molecule has 0 spiro atoms. The molecule has 1 aromatic carbocycles. The summed E-state index contributed by atoms with van der Waals surface area (Å²) in [4.78, 5) is 12.1. The predicted molar refractivity (Wildman–Crippen MR) is 78.8 cm³/mol. The Morgan fingerprint density at radius 1 is 1.39 bits per heavy atom. The lowest BCUT2D eigenvalue weighted by Crippen LogP contribution is -2.27. The standard InChI is InChI=1S/C13H15IN2O2/c1-8-10-6-5-9(14)7-11(10)16(15-8)12(17)18-13(2,3)4/h5-7H,1-4H3. The molecule has 0 saturated carbocycles. The van der Waals surface area contributed by atoms with Crippen molar-refractivity contribution in [3.05, 3.63) is 27.5 Å². The van der Waals surface area contributed by atoms with Crippen molar-refractivity contribution in [2.24, 2.45) is 0 Å². The third-order valence-electron chi connectivity index (χ3n) is 2.39. The van der Waals surface area contributed by atoms with Crippen LogP contribution in [0.2, 0.25) is 0 Å². The van der Waals surface area contributed by atoms with Gasteiger partial charge in [-0.3, -0.25) is 0 Å². The third-order valence-corrected chi connectivity index (χ3v) is 3.07. The van der Waals surface area contributed by atoms with Crippen LogP contribution in [-0.2, 0) is 4.74 Å². The fraction of sp³-hybridized carbons (Fsp3) is 0.385. The minimum atomic E-state index is -0.523. The van der Waals surface area contributed by atoms with Gasteiger partial charge in [-0.05, 0) is 68.5 Å². The molecule has 0 fully saturated rings. The molecule has 1 aromatic heterocycles. The van der Waals surface area contributed by atoms with Gasteiger partial charge in [-0.15, -0.1) is 0 Å². The molecule has 18 heavy (non-hydrogen) atoms. The number of fused-ring (bicyclic) bond motifs is 1. The first-order valence-corrected chi connectivity index (χ1v) is 6.74. The molecule has 0 bridgehead atoms. The molecule has 4 nitrogen and oxygen atoms in total. The van der Waals surface area contributed by atoms with Crippen LogP contribution in [0.5, 0.6) is 0 Å². The number of rotatable bonds is 0. The predicted octanol–water partition coefficient (Wildman–Crippen LogP) is 3.73.